The monoisotopic (exact) mass is 285 g/mol. The van der Waals surface area contributed by atoms with Crippen LogP contribution in [0.2, 0.25) is 19.6 Å². The maximum atomic E-state index is 12.2. The van der Waals surface area contributed by atoms with Crippen LogP contribution in [-0.4, -0.2) is 24.9 Å². The number of carbonyl (C=O) groups excluding carboxylic acids is 1. The molecular formula is C17H23NOSi. The van der Waals surface area contributed by atoms with Crippen molar-refractivity contribution in [2.24, 2.45) is 0 Å². The van der Waals surface area contributed by atoms with Gasteiger partial charge in [-0.1, -0.05) is 50.0 Å². The van der Waals surface area contributed by atoms with Gasteiger partial charge in [-0.25, -0.2) is 0 Å². The van der Waals surface area contributed by atoms with Gasteiger partial charge in [-0.15, -0.1) is 0 Å². The fraction of sp³-hybridized carbons (Fsp3) is 0.471. The molecule has 1 aromatic rings. The molecule has 2 aliphatic rings. The summed E-state index contributed by atoms with van der Waals surface area (Å²) >= 11 is 0. The Morgan fingerprint density at radius 3 is 2.40 bits per heavy atom. The number of benzene rings is 1. The molecule has 2 saturated heterocycles. The highest BCUT2D eigenvalue weighted by Gasteiger charge is 2.41. The van der Waals surface area contributed by atoms with Crippen molar-refractivity contribution in [3.05, 3.63) is 41.6 Å². The third kappa shape index (κ3) is 2.24. The molecular weight excluding hydrogens is 262 g/mol. The fourth-order valence-corrected chi connectivity index (χ4v) is 5.84. The van der Waals surface area contributed by atoms with Crippen LogP contribution in [0.1, 0.15) is 31.2 Å². The van der Waals surface area contributed by atoms with Gasteiger partial charge < -0.3 is 4.90 Å². The number of fused-ring (bicyclic) bond motifs is 1. The third-order valence-electron chi connectivity index (χ3n) is 4.43. The van der Waals surface area contributed by atoms with E-state index in [0.717, 1.165) is 25.7 Å². The normalized spacial score (nSPS) is 25.1. The number of nitrogens with zero attached hydrogens (tertiary/aromatic N) is 1. The van der Waals surface area contributed by atoms with E-state index in [1.165, 1.54) is 16.5 Å². The highest BCUT2D eigenvalue weighted by Crippen LogP contribution is 2.42. The lowest BCUT2D eigenvalue weighted by Gasteiger charge is -2.28. The van der Waals surface area contributed by atoms with E-state index in [1.807, 2.05) is 0 Å². The summed E-state index contributed by atoms with van der Waals surface area (Å²) in [6, 6.07) is 11.2. The van der Waals surface area contributed by atoms with Gasteiger partial charge in [0.2, 0.25) is 5.91 Å². The van der Waals surface area contributed by atoms with Gasteiger partial charge in [0.1, 0.15) is 0 Å². The maximum Gasteiger partial charge on any atom is 0.227 e. The van der Waals surface area contributed by atoms with Crippen LogP contribution >= 0.6 is 0 Å². The average molecular weight is 285 g/mol. The Labute approximate surface area is 122 Å². The van der Waals surface area contributed by atoms with Gasteiger partial charge >= 0.3 is 0 Å². The molecule has 0 N–H and O–H groups in total. The Bertz CT molecular complexity index is 556. The van der Waals surface area contributed by atoms with E-state index >= 15 is 0 Å². The molecule has 3 rings (SSSR count). The number of carbonyl (C=O) groups is 1. The van der Waals surface area contributed by atoms with E-state index in [-0.39, 0.29) is 0 Å². The van der Waals surface area contributed by atoms with E-state index in [4.69, 9.17) is 0 Å². The van der Waals surface area contributed by atoms with Gasteiger partial charge in [-0.05, 0) is 30.0 Å². The Morgan fingerprint density at radius 1 is 1.10 bits per heavy atom. The Kier molecular flexibility index (Phi) is 3.33. The second kappa shape index (κ2) is 4.88. The molecule has 0 radical (unpaired) electrons. The molecule has 0 saturated carbocycles. The Hall–Kier alpha value is -1.35. The van der Waals surface area contributed by atoms with Crippen LogP contribution < -0.4 is 0 Å². The number of allylic oxidation sites excluding steroid dienone is 1. The molecule has 2 fully saturated rings. The minimum Gasteiger partial charge on any atom is -0.313 e. The van der Waals surface area contributed by atoms with Crippen LogP contribution in [0.4, 0.5) is 0 Å². The number of rotatable bonds is 2. The van der Waals surface area contributed by atoms with Crippen molar-refractivity contribution >= 4 is 19.2 Å². The van der Waals surface area contributed by atoms with E-state index in [9.17, 15) is 4.79 Å². The van der Waals surface area contributed by atoms with Gasteiger partial charge in [0.25, 0.3) is 0 Å². The number of hydrogen-bond acceptors (Lipinski definition) is 1. The minimum absolute atomic E-state index is 0.342. The minimum atomic E-state index is -1.50. The topological polar surface area (TPSA) is 20.3 Å². The van der Waals surface area contributed by atoms with E-state index < -0.39 is 8.07 Å². The summed E-state index contributed by atoms with van der Waals surface area (Å²) in [7, 11) is -1.50. The molecule has 1 amide bonds. The van der Waals surface area contributed by atoms with E-state index in [0.29, 0.717) is 11.9 Å². The van der Waals surface area contributed by atoms with Crippen LogP contribution in [-0.2, 0) is 4.79 Å². The molecule has 2 aliphatic heterocycles. The quantitative estimate of drug-likeness (QED) is 0.750. The molecule has 0 bridgehead atoms. The zero-order chi connectivity index (χ0) is 14.3. The van der Waals surface area contributed by atoms with Gasteiger partial charge in [0.15, 0.2) is 0 Å². The molecule has 106 valence electrons. The summed E-state index contributed by atoms with van der Waals surface area (Å²) < 4.78 is 0. The fourth-order valence-electron chi connectivity index (χ4n) is 3.69. The molecule has 0 spiro atoms. The second-order valence-electron chi connectivity index (χ2n) is 6.93. The van der Waals surface area contributed by atoms with Crippen molar-refractivity contribution in [3.63, 3.8) is 0 Å². The SMILES string of the molecule is C[Si](C)(C)/C(=C1\CCC2CCC(=O)N12)c1ccccc1. The zero-order valence-corrected chi connectivity index (χ0v) is 13.6. The smallest absolute Gasteiger partial charge is 0.227 e. The predicted octanol–water partition coefficient (Wildman–Crippen LogP) is 4.06. The first-order chi connectivity index (χ1) is 9.48. The van der Waals surface area contributed by atoms with Crippen molar-refractivity contribution in [2.75, 3.05) is 0 Å². The summed E-state index contributed by atoms with van der Waals surface area (Å²) in [5.74, 6) is 0.342. The highest BCUT2D eigenvalue weighted by atomic mass is 28.3. The largest absolute Gasteiger partial charge is 0.313 e. The first-order valence-electron chi connectivity index (χ1n) is 7.59. The van der Waals surface area contributed by atoms with Crippen molar-refractivity contribution in [1.29, 1.82) is 0 Å². The predicted molar refractivity (Wildman–Crippen MR) is 85.8 cm³/mol. The van der Waals surface area contributed by atoms with E-state index in [2.05, 4.69) is 54.9 Å². The average Bonchev–Trinajstić information content (AvgIpc) is 2.94. The lowest BCUT2D eigenvalue weighted by atomic mass is 10.1. The van der Waals surface area contributed by atoms with Gasteiger partial charge in [0.05, 0.1) is 8.07 Å². The van der Waals surface area contributed by atoms with E-state index in [1.54, 1.807) is 0 Å². The van der Waals surface area contributed by atoms with Gasteiger partial charge in [-0.2, -0.15) is 0 Å². The van der Waals surface area contributed by atoms with Crippen LogP contribution in [0.3, 0.4) is 0 Å². The lowest BCUT2D eigenvalue weighted by Crippen LogP contribution is -2.31. The Balaban J connectivity index is 2.14. The standard InChI is InChI=1S/C17H23NOSi/c1-20(2,3)17(13-7-5-4-6-8-13)15-11-9-14-10-12-16(19)18(14)15/h4-8,14H,9-12H2,1-3H3/b17-15+. The Morgan fingerprint density at radius 2 is 1.75 bits per heavy atom. The van der Waals surface area contributed by atoms with Crippen molar-refractivity contribution in [1.82, 2.24) is 4.90 Å². The highest BCUT2D eigenvalue weighted by molar-refractivity contribution is 6.93. The first-order valence-corrected chi connectivity index (χ1v) is 11.1. The van der Waals surface area contributed by atoms with Crippen molar-refractivity contribution in [2.45, 2.75) is 51.4 Å². The van der Waals surface area contributed by atoms with Gasteiger partial charge in [0, 0.05) is 18.2 Å². The summed E-state index contributed by atoms with van der Waals surface area (Å²) in [6.07, 6.45) is 4.02. The molecule has 3 heteroatoms. The van der Waals surface area contributed by atoms with Crippen molar-refractivity contribution in [3.8, 4) is 0 Å². The molecule has 2 heterocycles. The summed E-state index contributed by atoms with van der Waals surface area (Å²) in [5, 5.41) is 1.48. The summed E-state index contributed by atoms with van der Waals surface area (Å²) in [4.78, 5) is 14.4. The third-order valence-corrected chi connectivity index (χ3v) is 6.51. The lowest BCUT2D eigenvalue weighted by molar-refractivity contribution is -0.126. The van der Waals surface area contributed by atoms with Crippen LogP contribution in [0, 0.1) is 0 Å². The van der Waals surface area contributed by atoms with Crippen LogP contribution in [0.5, 0.6) is 0 Å². The number of amides is 1. The molecule has 1 aromatic carbocycles. The molecule has 1 unspecified atom stereocenters. The van der Waals surface area contributed by atoms with Crippen LogP contribution in [0.15, 0.2) is 36.0 Å². The molecule has 0 aliphatic carbocycles. The van der Waals surface area contributed by atoms with Crippen LogP contribution in [0.25, 0.3) is 5.20 Å². The van der Waals surface area contributed by atoms with Gasteiger partial charge in [-0.3, -0.25) is 4.79 Å². The summed E-state index contributed by atoms with van der Waals surface area (Å²) in [5.41, 5.74) is 2.66. The van der Waals surface area contributed by atoms with Crippen molar-refractivity contribution < 1.29 is 4.79 Å². The number of hydrogen-bond donors (Lipinski definition) is 0. The molecule has 20 heavy (non-hydrogen) atoms. The molecule has 2 nitrogen and oxygen atoms in total. The molecule has 1 atom stereocenters. The summed E-state index contributed by atoms with van der Waals surface area (Å²) in [6.45, 7) is 7.16. The zero-order valence-electron chi connectivity index (χ0n) is 12.6. The first kappa shape index (κ1) is 13.6. The molecule has 0 aromatic heterocycles. The second-order valence-corrected chi connectivity index (χ2v) is 11.9. The maximum absolute atomic E-state index is 12.2.